The predicted octanol–water partition coefficient (Wildman–Crippen LogP) is 3.57. The third-order valence-electron chi connectivity index (χ3n) is 4.36. The minimum Gasteiger partial charge on any atom is -0.494 e. The molecule has 0 bridgehead atoms. The number of aromatic nitrogens is 4. The van der Waals surface area contributed by atoms with Crippen LogP contribution in [0.15, 0.2) is 36.8 Å². The van der Waals surface area contributed by atoms with Crippen molar-refractivity contribution < 1.29 is 14.3 Å². The number of amides is 1. The fourth-order valence-electron chi connectivity index (χ4n) is 2.98. The highest BCUT2D eigenvalue weighted by Gasteiger charge is 2.17. The largest absolute Gasteiger partial charge is 0.494 e. The third-order valence-corrected chi connectivity index (χ3v) is 4.36. The van der Waals surface area contributed by atoms with E-state index >= 15 is 0 Å². The smallest absolute Gasteiger partial charge is 0.225 e. The number of aryl methyl sites for hydroxylation is 1. The van der Waals surface area contributed by atoms with Crippen molar-refractivity contribution in [1.82, 2.24) is 19.7 Å². The Hall–Kier alpha value is -3.75. The molecule has 0 saturated heterocycles. The van der Waals surface area contributed by atoms with Crippen molar-refractivity contribution in [3.8, 4) is 17.1 Å². The summed E-state index contributed by atoms with van der Waals surface area (Å²) in [7, 11) is 3.34. The van der Waals surface area contributed by atoms with Crippen molar-refractivity contribution in [2.75, 3.05) is 17.7 Å². The number of para-hydroxylation sites is 1. The number of methoxy groups -OCH3 is 1. The average Bonchev–Trinajstić information content (AvgIpc) is 3.14. The lowest BCUT2D eigenvalue weighted by molar-refractivity contribution is -0.116. The SMILES string of the molecule is CCCC(=O)Nc1cc(Nc2cccc(-c3ncn(C)n3)c2OC)c(C(C)=O)cn1. The van der Waals surface area contributed by atoms with Gasteiger partial charge in [0.15, 0.2) is 17.4 Å². The van der Waals surface area contributed by atoms with E-state index in [2.05, 4.69) is 25.7 Å². The number of anilines is 3. The third kappa shape index (κ3) is 4.62. The summed E-state index contributed by atoms with van der Waals surface area (Å²) in [6.07, 6.45) is 4.18. The number of ketones is 1. The second-order valence-corrected chi connectivity index (χ2v) is 6.72. The summed E-state index contributed by atoms with van der Waals surface area (Å²) in [5.41, 5.74) is 2.24. The number of pyridine rings is 1. The first-order valence-corrected chi connectivity index (χ1v) is 9.53. The highest BCUT2D eigenvalue weighted by molar-refractivity contribution is 6.01. The summed E-state index contributed by atoms with van der Waals surface area (Å²) in [6, 6.07) is 7.16. The van der Waals surface area contributed by atoms with Gasteiger partial charge in [0.2, 0.25) is 5.91 Å². The topological polar surface area (TPSA) is 111 Å². The van der Waals surface area contributed by atoms with Crippen molar-refractivity contribution >= 4 is 28.9 Å². The maximum absolute atomic E-state index is 12.1. The highest BCUT2D eigenvalue weighted by atomic mass is 16.5. The summed E-state index contributed by atoms with van der Waals surface area (Å²) >= 11 is 0. The van der Waals surface area contributed by atoms with Gasteiger partial charge in [-0.2, -0.15) is 5.10 Å². The van der Waals surface area contributed by atoms with Gasteiger partial charge < -0.3 is 15.4 Å². The number of hydrogen-bond acceptors (Lipinski definition) is 7. The Morgan fingerprint density at radius 2 is 2.00 bits per heavy atom. The molecule has 1 aromatic carbocycles. The van der Waals surface area contributed by atoms with Crippen LogP contribution < -0.4 is 15.4 Å². The van der Waals surface area contributed by atoms with Gasteiger partial charge in [-0.05, 0) is 25.5 Å². The van der Waals surface area contributed by atoms with Crippen LogP contribution in [-0.2, 0) is 11.8 Å². The second kappa shape index (κ2) is 9.17. The molecule has 1 amide bonds. The molecule has 2 heterocycles. The number of nitrogens with zero attached hydrogens (tertiary/aromatic N) is 4. The molecule has 0 aliphatic rings. The number of ether oxygens (including phenoxy) is 1. The van der Waals surface area contributed by atoms with E-state index in [1.807, 2.05) is 25.1 Å². The van der Waals surface area contributed by atoms with Gasteiger partial charge in [0.05, 0.1) is 29.6 Å². The quantitative estimate of drug-likeness (QED) is 0.548. The highest BCUT2D eigenvalue weighted by Crippen LogP contribution is 2.37. The maximum atomic E-state index is 12.1. The molecule has 9 heteroatoms. The molecular weight excluding hydrogens is 384 g/mol. The zero-order valence-corrected chi connectivity index (χ0v) is 17.4. The van der Waals surface area contributed by atoms with Crippen LogP contribution in [0.25, 0.3) is 11.4 Å². The summed E-state index contributed by atoms with van der Waals surface area (Å²) < 4.78 is 7.23. The van der Waals surface area contributed by atoms with Gasteiger partial charge in [-0.1, -0.05) is 13.0 Å². The van der Waals surface area contributed by atoms with Gasteiger partial charge in [-0.3, -0.25) is 14.3 Å². The van der Waals surface area contributed by atoms with Crippen molar-refractivity contribution in [2.45, 2.75) is 26.7 Å². The van der Waals surface area contributed by atoms with Crippen LogP contribution in [0.2, 0.25) is 0 Å². The number of rotatable bonds is 8. The molecule has 9 nitrogen and oxygen atoms in total. The Labute approximate surface area is 174 Å². The average molecular weight is 408 g/mol. The van der Waals surface area contributed by atoms with Crippen LogP contribution in [0.3, 0.4) is 0 Å². The Kier molecular flexibility index (Phi) is 6.41. The summed E-state index contributed by atoms with van der Waals surface area (Å²) in [6.45, 7) is 3.39. The van der Waals surface area contributed by atoms with E-state index in [0.29, 0.717) is 46.3 Å². The van der Waals surface area contributed by atoms with Crippen molar-refractivity contribution in [3.63, 3.8) is 0 Å². The summed E-state index contributed by atoms with van der Waals surface area (Å²) in [5, 5.41) is 10.3. The first-order valence-electron chi connectivity index (χ1n) is 9.53. The van der Waals surface area contributed by atoms with Crippen LogP contribution in [0.5, 0.6) is 5.75 Å². The molecule has 156 valence electrons. The van der Waals surface area contributed by atoms with E-state index in [1.54, 1.807) is 31.2 Å². The molecule has 0 aliphatic carbocycles. The molecule has 3 rings (SSSR count). The van der Waals surface area contributed by atoms with E-state index in [0.717, 1.165) is 6.42 Å². The monoisotopic (exact) mass is 408 g/mol. The van der Waals surface area contributed by atoms with Crippen LogP contribution in [-0.4, -0.2) is 38.5 Å². The van der Waals surface area contributed by atoms with Crippen molar-refractivity contribution in [2.24, 2.45) is 7.05 Å². The molecule has 0 fully saturated rings. The minimum absolute atomic E-state index is 0.132. The lowest BCUT2D eigenvalue weighted by atomic mass is 10.1. The number of Topliss-reactive ketones (excluding diaryl/α,β-unsaturated/α-hetero) is 1. The van der Waals surface area contributed by atoms with Crippen LogP contribution >= 0.6 is 0 Å². The molecular formula is C21H24N6O3. The summed E-state index contributed by atoms with van der Waals surface area (Å²) in [5.74, 6) is 1.13. The van der Waals surface area contributed by atoms with Crippen molar-refractivity contribution in [3.05, 3.63) is 42.4 Å². The van der Waals surface area contributed by atoms with E-state index < -0.39 is 0 Å². The van der Waals surface area contributed by atoms with E-state index in [1.165, 1.54) is 13.1 Å². The lowest BCUT2D eigenvalue weighted by Gasteiger charge is -2.16. The first kappa shape index (κ1) is 21.0. The van der Waals surface area contributed by atoms with Gasteiger partial charge in [0, 0.05) is 25.7 Å². The number of nitrogens with one attached hydrogen (secondary N) is 2. The normalized spacial score (nSPS) is 10.5. The zero-order chi connectivity index (χ0) is 21.7. The Bertz CT molecular complexity index is 1080. The van der Waals surface area contributed by atoms with E-state index in [9.17, 15) is 9.59 Å². The fourth-order valence-corrected chi connectivity index (χ4v) is 2.98. The van der Waals surface area contributed by atoms with Crippen molar-refractivity contribution in [1.29, 1.82) is 0 Å². The number of hydrogen-bond donors (Lipinski definition) is 2. The Balaban J connectivity index is 2.00. The lowest BCUT2D eigenvalue weighted by Crippen LogP contribution is -2.13. The molecule has 0 aliphatic heterocycles. The zero-order valence-electron chi connectivity index (χ0n) is 17.4. The number of carbonyl (C=O) groups is 2. The van der Waals surface area contributed by atoms with Gasteiger partial charge in [0.25, 0.3) is 0 Å². The predicted molar refractivity (Wildman–Crippen MR) is 114 cm³/mol. The molecule has 2 N–H and O–H groups in total. The Morgan fingerprint density at radius 1 is 1.20 bits per heavy atom. The van der Waals surface area contributed by atoms with Crippen LogP contribution in [0, 0.1) is 0 Å². The van der Waals surface area contributed by atoms with Gasteiger partial charge in [-0.15, -0.1) is 0 Å². The van der Waals surface area contributed by atoms with E-state index in [4.69, 9.17) is 4.74 Å². The van der Waals surface area contributed by atoms with Crippen LogP contribution in [0.1, 0.15) is 37.0 Å². The minimum atomic E-state index is -0.155. The van der Waals surface area contributed by atoms with Gasteiger partial charge in [0.1, 0.15) is 12.1 Å². The van der Waals surface area contributed by atoms with E-state index in [-0.39, 0.29) is 11.7 Å². The molecule has 0 saturated carbocycles. The number of carbonyl (C=O) groups excluding carboxylic acids is 2. The van der Waals surface area contributed by atoms with Crippen LogP contribution in [0.4, 0.5) is 17.2 Å². The van der Waals surface area contributed by atoms with Gasteiger partial charge >= 0.3 is 0 Å². The first-order chi connectivity index (χ1) is 14.4. The molecule has 30 heavy (non-hydrogen) atoms. The summed E-state index contributed by atoms with van der Waals surface area (Å²) in [4.78, 5) is 32.5. The molecule has 0 unspecified atom stereocenters. The maximum Gasteiger partial charge on any atom is 0.225 e. The standard InChI is InChI=1S/C21H24N6O3/c1-5-7-19(29)25-18-10-17(15(11-22-18)13(2)28)24-16-9-6-8-14(20(16)30-4)21-23-12-27(3)26-21/h6,8-12H,5,7H2,1-4H3,(H2,22,24,25,29). The molecule has 0 spiro atoms. The number of benzene rings is 1. The fraction of sp³-hybridized carbons (Fsp3) is 0.286. The molecule has 0 atom stereocenters. The van der Waals surface area contributed by atoms with Gasteiger partial charge in [-0.25, -0.2) is 9.97 Å². The Morgan fingerprint density at radius 3 is 2.63 bits per heavy atom. The second-order valence-electron chi connectivity index (χ2n) is 6.72. The molecule has 0 radical (unpaired) electrons. The molecule has 3 aromatic rings. The molecule has 2 aromatic heterocycles.